The van der Waals surface area contributed by atoms with Crippen LogP contribution in [-0.4, -0.2) is 37.0 Å². The molecule has 1 fully saturated rings. The molecule has 1 heterocycles. The third-order valence-corrected chi connectivity index (χ3v) is 6.44. The first-order valence-corrected chi connectivity index (χ1v) is 11.5. The summed E-state index contributed by atoms with van der Waals surface area (Å²) < 4.78 is 9.89. The van der Waals surface area contributed by atoms with Crippen molar-refractivity contribution in [3.05, 3.63) is 99.6 Å². The van der Waals surface area contributed by atoms with E-state index in [9.17, 15) is 19.5 Å². The van der Waals surface area contributed by atoms with Crippen molar-refractivity contribution < 1.29 is 29.0 Å². The van der Waals surface area contributed by atoms with E-state index in [-0.39, 0.29) is 34.3 Å². The number of ketones is 1. The van der Waals surface area contributed by atoms with Gasteiger partial charge >= 0.3 is 5.97 Å². The number of Topliss-reactive ketones (excluding diaryl/α,β-unsaturated/α-hetero) is 1. The SMILES string of the molecule is COC(=O)Cc1ccc(N2C(=O)C(=O)/C(=C(/O)c3ccc(OC)c(Cl)c3)C2c2ccccc2C)cc1. The van der Waals surface area contributed by atoms with Crippen LogP contribution in [0.2, 0.25) is 5.02 Å². The number of hydrogen-bond donors (Lipinski definition) is 1. The minimum atomic E-state index is -0.876. The van der Waals surface area contributed by atoms with E-state index in [1.54, 1.807) is 36.4 Å². The molecule has 3 aromatic carbocycles. The van der Waals surface area contributed by atoms with Crippen LogP contribution in [0, 0.1) is 6.92 Å². The molecule has 0 saturated carbocycles. The largest absolute Gasteiger partial charge is 0.507 e. The second-order valence-corrected chi connectivity index (χ2v) is 8.70. The highest BCUT2D eigenvalue weighted by molar-refractivity contribution is 6.51. The van der Waals surface area contributed by atoms with Gasteiger partial charge in [-0.1, -0.05) is 48.0 Å². The molecule has 0 radical (unpaired) electrons. The second-order valence-electron chi connectivity index (χ2n) is 8.29. The van der Waals surface area contributed by atoms with Gasteiger partial charge in [0, 0.05) is 11.3 Å². The predicted octanol–water partition coefficient (Wildman–Crippen LogP) is 5.00. The smallest absolute Gasteiger partial charge is 0.309 e. The average molecular weight is 506 g/mol. The lowest BCUT2D eigenvalue weighted by Gasteiger charge is -2.26. The Morgan fingerprint density at radius 1 is 1.03 bits per heavy atom. The van der Waals surface area contributed by atoms with Crippen molar-refractivity contribution in [2.24, 2.45) is 0 Å². The number of nitrogens with zero attached hydrogens (tertiary/aromatic N) is 1. The number of anilines is 1. The van der Waals surface area contributed by atoms with E-state index < -0.39 is 17.7 Å². The van der Waals surface area contributed by atoms with Crippen molar-refractivity contribution in [3.63, 3.8) is 0 Å². The quantitative estimate of drug-likeness (QED) is 0.219. The molecule has 0 bridgehead atoms. The Balaban J connectivity index is 1.87. The van der Waals surface area contributed by atoms with Crippen molar-refractivity contribution in [2.45, 2.75) is 19.4 Å². The molecule has 1 amide bonds. The Morgan fingerprint density at radius 3 is 2.33 bits per heavy atom. The molecule has 7 nitrogen and oxygen atoms in total. The highest BCUT2D eigenvalue weighted by Crippen LogP contribution is 2.43. The fraction of sp³-hybridized carbons (Fsp3) is 0.179. The van der Waals surface area contributed by atoms with E-state index in [0.717, 1.165) is 5.56 Å². The summed E-state index contributed by atoms with van der Waals surface area (Å²) in [5.41, 5.74) is 2.92. The van der Waals surface area contributed by atoms with Crippen LogP contribution in [0.5, 0.6) is 5.75 Å². The van der Waals surface area contributed by atoms with Gasteiger partial charge in [-0.25, -0.2) is 0 Å². The maximum atomic E-state index is 13.3. The lowest BCUT2D eigenvalue weighted by Crippen LogP contribution is -2.29. The standard InChI is InChI=1S/C28H24ClNO6/c1-16-6-4-5-7-20(16)25-24(26(32)18-10-13-22(35-2)21(29)15-18)27(33)28(34)30(25)19-11-8-17(9-12-19)14-23(31)36-3/h4-13,15,25,32H,14H2,1-3H3/b26-24+. The third-order valence-electron chi connectivity index (χ3n) is 6.14. The average Bonchev–Trinajstić information content (AvgIpc) is 3.14. The summed E-state index contributed by atoms with van der Waals surface area (Å²) in [5.74, 6) is -1.90. The zero-order valence-electron chi connectivity index (χ0n) is 19.9. The Labute approximate surface area is 213 Å². The van der Waals surface area contributed by atoms with Crippen molar-refractivity contribution in [3.8, 4) is 5.75 Å². The molecule has 0 aliphatic carbocycles. The summed E-state index contributed by atoms with van der Waals surface area (Å²) in [4.78, 5) is 39.7. The highest BCUT2D eigenvalue weighted by Gasteiger charge is 2.47. The van der Waals surface area contributed by atoms with Gasteiger partial charge in [-0.2, -0.15) is 0 Å². The maximum absolute atomic E-state index is 13.3. The molecule has 1 atom stereocenters. The highest BCUT2D eigenvalue weighted by atomic mass is 35.5. The number of rotatable bonds is 6. The molecule has 1 aliphatic heterocycles. The molecule has 3 aromatic rings. The normalized spacial score (nSPS) is 16.8. The number of aliphatic hydroxyl groups is 1. The van der Waals surface area contributed by atoms with E-state index in [1.807, 2.05) is 31.2 Å². The zero-order valence-corrected chi connectivity index (χ0v) is 20.7. The van der Waals surface area contributed by atoms with Crippen molar-refractivity contribution in [2.75, 3.05) is 19.1 Å². The Kier molecular flexibility index (Phi) is 7.12. The number of esters is 1. The molecule has 36 heavy (non-hydrogen) atoms. The second kappa shape index (κ2) is 10.3. The maximum Gasteiger partial charge on any atom is 0.309 e. The van der Waals surface area contributed by atoms with Crippen LogP contribution in [0.1, 0.15) is 28.3 Å². The number of ether oxygens (including phenoxy) is 2. The first kappa shape index (κ1) is 25.0. The lowest BCUT2D eigenvalue weighted by molar-refractivity contribution is -0.139. The number of methoxy groups -OCH3 is 2. The number of benzene rings is 3. The summed E-state index contributed by atoms with van der Waals surface area (Å²) in [7, 11) is 2.79. The summed E-state index contributed by atoms with van der Waals surface area (Å²) in [6, 6.07) is 17.9. The van der Waals surface area contributed by atoms with Gasteiger partial charge in [-0.15, -0.1) is 0 Å². The van der Waals surface area contributed by atoms with Crippen molar-refractivity contribution in [1.29, 1.82) is 0 Å². The van der Waals surface area contributed by atoms with Crippen LogP contribution < -0.4 is 9.64 Å². The minimum absolute atomic E-state index is 0.0471. The van der Waals surface area contributed by atoms with E-state index >= 15 is 0 Å². The minimum Gasteiger partial charge on any atom is -0.507 e. The van der Waals surface area contributed by atoms with Gasteiger partial charge in [0.15, 0.2) is 0 Å². The third kappa shape index (κ3) is 4.57. The molecule has 1 N–H and O–H groups in total. The van der Waals surface area contributed by atoms with E-state index in [2.05, 4.69) is 0 Å². The number of amides is 1. The van der Waals surface area contributed by atoms with Crippen LogP contribution in [0.4, 0.5) is 5.69 Å². The topological polar surface area (TPSA) is 93.1 Å². The van der Waals surface area contributed by atoms with Crippen molar-refractivity contribution >= 4 is 40.7 Å². The van der Waals surface area contributed by atoms with Gasteiger partial charge in [0.25, 0.3) is 11.7 Å². The van der Waals surface area contributed by atoms with Crippen LogP contribution in [-0.2, 0) is 25.5 Å². The molecule has 4 rings (SSSR count). The molecule has 0 spiro atoms. The number of aryl methyl sites for hydroxylation is 1. The molecule has 1 saturated heterocycles. The van der Waals surface area contributed by atoms with Crippen LogP contribution >= 0.6 is 11.6 Å². The first-order chi connectivity index (χ1) is 17.3. The molecular weight excluding hydrogens is 482 g/mol. The van der Waals surface area contributed by atoms with Gasteiger partial charge in [0.2, 0.25) is 0 Å². The van der Waals surface area contributed by atoms with Crippen LogP contribution in [0.3, 0.4) is 0 Å². The van der Waals surface area contributed by atoms with Gasteiger partial charge in [-0.05, 0) is 53.9 Å². The van der Waals surface area contributed by atoms with E-state index in [4.69, 9.17) is 21.1 Å². The molecule has 8 heteroatoms. The summed E-state index contributed by atoms with van der Waals surface area (Å²) >= 11 is 6.26. The Hall–Kier alpha value is -4.10. The Morgan fingerprint density at radius 2 is 1.72 bits per heavy atom. The van der Waals surface area contributed by atoms with Crippen LogP contribution in [0.25, 0.3) is 5.76 Å². The predicted molar refractivity (Wildman–Crippen MR) is 136 cm³/mol. The Bertz CT molecular complexity index is 1380. The molecule has 184 valence electrons. The van der Waals surface area contributed by atoms with Crippen LogP contribution in [0.15, 0.2) is 72.3 Å². The number of halogens is 1. The number of hydrogen-bond acceptors (Lipinski definition) is 6. The zero-order chi connectivity index (χ0) is 26.0. The monoisotopic (exact) mass is 505 g/mol. The lowest BCUT2D eigenvalue weighted by atomic mass is 9.92. The van der Waals surface area contributed by atoms with Gasteiger partial charge < -0.3 is 14.6 Å². The number of carbonyl (C=O) groups excluding carboxylic acids is 3. The fourth-order valence-electron chi connectivity index (χ4n) is 4.27. The van der Waals surface area contributed by atoms with Gasteiger partial charge in [-0.3, -0.25) is 19.3 Å². The molecular formula is C28H24ClNO6. The number of aliphatic hydroxyl groups excluding tert-OH is 1. The molecule has 0 aromatic heterocycles. The first-order valence-electron chi connectivity index (χ1n) is 11.1. The van der Waals surface area contributed by atoms with Gasteiger partial charge in [0.1, 0.15) is 11.5 Å². The van der Waals surface area contributed by atoms with Gasteiger partial charge in [0.05, 0.1) is 37.3 Å². The summed E-state index contributed by atoms with van der Waals surface area (Å²) in [6.45, 7) is 1.87. The summed E-state index contributed by atoms with van der Waals surface area (Å²) in [5, 5.41) is 11.5. The van der Waals surface area contributed by atoms with E-state index in [1.165, 1.54) is 25.2 Å². The molecule has 1 unspecified atom stereocenters. The van der Waals surface area contributed by atoms with E-state index in [0.29, 0.717) is 22.6 Å². The number of carbonyl (C=O) groups is 3. The fourth-order valence-corrected chi connectivity index (χ4v) is 4.53. The molecule has 1 aliphatic rings. The van der Waals surface area contributed by atoms with Crippen molar-refractivity contribution in [1.82, 2.24) is 0 Å². The summed E-state index contributed by atoms with van der Waals surface area (Å²) in [6.07, 6.45) is 0.0784.